The first-order valence-electron chi connectivity index (χ1n) is 17.2. The maximum Gasteiger partial charge on any atom is 0.514 e. The van der Waals surface area contributed by atoms with E-state index in [9.17, 15) is 39.5 Å². The third-order valence-electron chi connectivity index (χ3n) is 11.8. The molecule has 0 heterocycles. The number of ketones is 2. The molecule has 4 aliphatic carbocycles. The lowest BCUT2D eigenvalue weighted by Crippen LogP contribution is -2.69. The van der Waals surface area contributed by atoms with E-state index in [1.165, 1.54) is 24.3 Å². The Bertz CT molecular complexity index is 1610. The molecule has 0 amide bonds. The predicted octanol–water partition coefficient (Wildman–Crippen LogP) is 3.52. The van der Waals surface area contributed by atoms with Crippen LogP contribution in [0.1, 0.15) is 64.9 Å². The highest BCUT2D eigenvalue weighted by molar-refractivity contribution is 6.01. The lowest BCUT2D eigenvalue weighted by Gasteiger charge is -2.62. The highest BCUT2D eigenvalue weighted by Gasteiger charge is 2.75. The number of benzene rings is 1. The first-order chi connectivity index (χ1) is 24.0. The van der Waals surface area contributed by atoms with Gasteiger partial charge in [-0.15, -0.1) is 10.1 Å². The van der Waals surface area contributed by atoms with E-state index in [1.807, 2.05) is 0 Å². The molecule has 14 nitrogen and oxygen atoms in total. The number of esters is 1. The summed E-state index contributed by atoms with van der Waals surface area (Å²) in [5.41, 5.74) is 0.624. The topological polar surface area (TPSA) is 215 Å². The van der Waals surface area contributed by atoms with Crippen LogP contribution in [0.5, 0.6) is 5.75 Å². The molecule has 0 aliphatic heterocycles. The van der Waals surface area contributed by atoms with Gasteiger partial charge in [0.15, 0.2) is 18.1 Å². The van der Waals surface area contributed by atoms with Gasteiger partial charge in [0.05, 0.1) is 19.3 Å². The third-order valence-corrected chi connectivity index (χ3v) is 11.8. The number of alkyl halides is 1. The Morgan fingerprint density at radius 3 is 2.49 bits per heavy atom. The molecule has 0 radical (unpaired) electrons. The van der Waals surface area contributed by atoms with Crippen LogP contribution in [0.4, 0.5) is 9.18 Å². The number of Topliss-reactive ketones (excluding diaryl/α,β-unsaturated/α-hetero) is 1. The molecule has 51 heavy (non-hydrogen) atoms. The number of allylic oxidation sites excluding steroid dienone is 4. The highest BCUT2D eigenvalue weighted by Crippen LogP contribution is 2.70. The fourth-order valence-electron chi connectivity index (χ4n) is 9.15. The van der Waals surface area contributed by atoms with Crippen molar-refractivity contribution in [3.8, 4) is 5.75 Å². The fraction of sp³-hybridized carbons (Fsp3) is 0.611. The number of hydrogen-bond acceptors (Lipinski definition) is 13. The van der Waals surface area contributed by atoms with Crippen molar-refractivity contribution in [2.75, 3.05) is 19.8 Å². The first kappa shape index (κ1) is 38.0. The number of aliphatic hydroxyl groups excluding tert-OH is 1. The van der Waals surface area contributed by atoms with Crippen molar-refractivity contribution in [2.24, 2.45) is 34.3 Å². The van der Waals surface area contributed by atoms with E-state index in [4.69, 9.17) is 19.9 Å². The summed E-state index contributed by atoms with van der Waals surface area (Å²) >= 11 is 0. The van der Waals surface area contributed by atoms with E-state index in [0.29, 0.717) is 43.2 Å². The number of rotatable bonds is 13. The number of carbonyl (C=O) groups is 4. The number of ether oxygens (including phenoxy) is 3. The Morgan fingerprint density at radius 1 is 1.12 bits per heavy atom. The van der Waals surface area contributed by atoms with Crippen LogP contribution in [0, 0.1) is 38.7 Å². The van der Waals surface area contributed by atoms with Crippen molar-refractivity contribution in [3.63, 3.8) is 0 Å². The van der Waals surface area contributed by atoms with Crippen LogP contribution in [-0.4, -0.2) is 82.2 Å². The van der Waals surface area contributed by atoms with Gasteiger partial charge in [-0.1, -0.05) is 37.6 Å². The molecular weight excluding hydrogens is 671 g/mol. The van der Waals surface area contributed by atoms with Gasteiger partial charge in [-0.3, -0.25) is 14.4 Å². The standard InChI is InChI=1S/C36H45FN2O12/c1-21-16-27-26-11-8-23-18-24(40)12-13-33(23,2)35(26,37)29(41)19-34(27,3)36(21,45)30(42)20-49-32(44)51-25-9-6-22(7-10-25)17-28(38)31(43)48-14-4-5-15-50-39(46)47/h6-7,9-10,12-13,18,21,26-29,41,45H,4-5,8,11,14-17,19-20,38H2,1-3H3/t21-,26-,27-,28-,29-,33-,34-,35-,36-/m0/s1. The molecule has 0 unspecified atom stereocenters. The van der Waals surface area contributed by atoms with Gasteiger partial charge in [-0.25, -0.2) is 9.18 Å². The van der Waals surface area contributed by atoms with Gasteiger partial charge >= 0.3 is 12.1 Å². The highest BCUT2D eigenvalue weighted by atomic mass is 19.1. The lowest BCUT2D eigenvalue weighted by atomic mass is 9.44. The molecule has 0 bridgehead atoms. The fourth-order valence-corrected chi connectivity index (χ4v) is 9.15. The summed E-state index contributed by atoms with van der Waals surface area (Å²) in [5, 5.41) is 32.8. The van der Waals surface area contributed by atoms with Crippen molar-refractivity contribution in [2.45, 2.75) is 89.1 Å². The molecular formula is C36H45FN2O12. The van der Waals surface area contributed by atoms with E-state index >= 15 is 4.39 Å². The Hall–Kier alpha value is -4.21. The van der Waals surface area contributed by atoms with Crippen molar-refractivity contribution in [3.05, 3.63) is 63.7 Å². The molecule has 0 saturated heterocycles. The first-order valence-corrected chi connectivity index (χ1v) is 17.2. The smallest absolute Gasteiger partial charge is 0.465 e. The number of nitrogens with zero attached hydrogens (tertiary/aromatic N) is 1. The maximum absolute atomic E-state index is 17.4. The second-order valence-electron chi connectivity index (χ2n) is 14.6. The molecule has 278 valence electrons. The minimum atomic E-state index is -2.11. The van der Waals surface area contributed by atoms with E-state index in [-0.39, 0.29) is 37.6 Å². The van der Waals surface area contributed by atoms with Crippen molar-refractivity contribution in [1.82, 2.24) is 0 Å². The lowest BCUT2D eigenvalue weighted by molar-refractivity contribution is -0.757. The Labute approximate surface area is 294 Å². The van der Waals surface area contributed by atoms with Gasteiger partial charge in [0, 0.05) is 16.7 Å². The van der Waals surface area contributed by atoms with Gasteiger partial charge in [0.25, 0.3) is 5.09 Å². The summed E-state index contributed by atoms with van der Waals surface area (Å²) in [6.45, 7) is 4.21. The summed E-state index contributed by atoms with van der Waals surface area (Å²) in [4.78, 5) is 64.9. The van der Waals surface area contributed by atoms with Crippen LogP contribution in [-0.2, 0) is 35.1 Å². The van der Waals surface area contributed by atoms with E-state index in [0.717, 1.165) is 0 Å². The number of nitrogens with two attached hydrogens (primary N) is 1. The number of fused-ring (bicyclic) bond motifs is 5. The molecule has 4 N–H and O–H groups in total. The Morgan fingerprint density at radius 2 is 1.80 bits per heavy atom. The second kappa shape index (κ2) is 14.4. The molecule has 1 aromatic carbocycles. The van der Waals surface area contributed by atoms with Crippen LogP contribution in [0.25, 0.3) is 0 Å². The van der Waals surface area contributed by atoms with Crippen LogP contribution >= 0.6 is 0 Å². The molecule has 9 atom stereocenters. The minimum absolute atomic E-state index is 0.0296. The minimum Gasteiger partial charge on any atom is -0.465 e. The van der Waals surface area contributed by atoms with Gasteiger partial charge < -0.3 is 35.0 Å². The molecule has 3 fully saturated rings. The molecule has 0 spiro atoms. The van der Waals surface area contributed by atoms with Gasteiger partial charge in [-0.05, 0) is 93.6 Å². The summed E-state index contributed by atoms with van der Waals surface area (Å²) in [6.07, 6.45) is 3.31. The number of halogens is 1. The van der Waals surface area contributed by atoms with E-state index in [1.54, 1.807) is 39.0 Å². The van der Waals surface area contributed by atoms with Gasteiger partial charge in [0.2, 0.25) is 5.78 Å². The van der Waals surface area contributed by atoms with Gasteiger partial charge in [-0.2, -0.15) is 0 Å². The zero-order valence-corrected chi connectivity index (χ0v) is 28.9. The van der Waals surface area contributed by atoms with Gasteiger partial charge in [0.1, 0.15) is 17.4 Å². The quantitative estimate of drug-likeness (QED) is 0.0877. The monoisotopic (exact) mass is 716 g/mol. The summed E-state index contributed by atoms with van der Waals surface area (Å²) < 4.78 is 32.8. The number of carbonyl (C=O) groups excluding carboxylic acids is 4. The molecule has 3 saturated carbocycles. The van der Waals surface area contributed by atoms with Crippen LogP contribution < -0.4 is 10.5 Å². The molecule has 1 aromatic rings. The van der Waals surface area contributed by atoms with Crippen LogP contribution in [0.15, 0.2) is 48.1 Å². The zero-order valence-electron chi connectivity index (χ0n) is 28.9. The summed E-state index contributed by atoms with van der Waals surface area (Å²) in [5.74, 6) is -3.36. The molecule has 15 heteroatoms. The molecule has 5 rings (SSSR count). The van der Waals surface area contributed by atoms with E-state index < -0.39 is 81.6 Å². The Balaban J connectivity index is 1.15. The van der Waals surface area contributed by atoms with Crippen molar-refractivity contribution < 1.29 is 57.9 Å². The summed E-state index contributed by atoms with van der Waals surface area (Å²) in [7, 11) is 0. The number of unbranched alkanes of at least 4 members (excludes halogenated alkanes) is 1. The number of hydrogen-bond donors (Lipinski definition) is 3. The number of aliphatic hydroxyl groups is 2. The Kier molecular flexibility index (Phi) is 10.8. The maximum atomic E-state index is 17.4. The molecule has 4 aliphatic rings. The predicted molar refractivity (Wildman–Crippen MR) is 176 cm³/mol. The van der Waals surface area contributed by atoms with Crippen molar-refractivity contribution >= 4 is 23.7 Å². The van der Waals surface area contributed by atoms with Crippen molar-refractivity contribution in [1.29, 1.82) is 0 Å². The second-order valence-corrected chi connectivity index (χ2v) is 14.6. The average molecular weight is 717 g/mol. The summed E-state index contributed by atoms with van der Waals surface area (Å²) in [6, 6.07) is 5.05. The largest absolute Gasteiger partial charge is 0.514 e. The average Bonchev–Trinajstić information content (AvgIpc) is 3.28. The molecule has 0 aromatic heterocycles. The normalized spacial score (nSPS) is 34.3. The van der Waals surface area contributed by atoms with Crippen LogP contribution in [0.3, 0.4) is 0 Å². The van der Waals surface area contributed by atoms with E-state index in [2.05, 4.69) is 4.84 Å². The zero-order chi connectivity index (χ0) is 37.4. The third kappa shape index (κ3) is 6.78. The van der Waals surface area contributed by atoms with Crippen LogP contribution in [0.2, 0.25) is 0 Å². The SMILES string of the molecule is C[C@H]1C[C@H]2[C@@H]3CCC4=CC(=O)C=C[C@]4(C)[C@@]3(F)[C@@H](O)C[C@]2(C)[C@@]1(O)C(=O)COC(=O)Oc1ccc(C[C@H](N)C(=O)OCCCCO[N+](=O)[O-])cc1.